The highest BCUT2D eigenvalue weighted by Crippen LogP contribution is 2.11. The standard InChI is InChI=1S/C13H17NO3/c1-4-12(15)9(2)14-13(16)10-5-7-11(17-3)8-6-10/h5-9H,4H2,1-3H3,(H,14,16). The van der Waals surface area contributed by atoms with Crippen molar-refractivity contribution in [2.24, 2.45) is 0 Å². The van der Waals surface area contributed by atoms with E-state index in [1.165, 1.54) is 0 Å². The fourth-order valence-corrected chi connectivity index (χ4v) is 1.41. The Morgan fingerprint density at radius 1 is 1.29 bits per heavy atom. The fourth-order valence-electron chi connectivity index (χ4n) is 1.41. The number of Topliss-reactive ketones (excluding diaryl/α,β-unsaturated/α-hetero) is 1. The third-order valence-electron chi connectivity index (χ3n) is 2.53. The molecule has 17 heavy (non-hydrogen) atoms. The monoisotopic (exact) mass is 235 g/mol. The van der Waals surface area contributed by atoms with Gasteiger partial charge in [0.1, 0.15) is 5.75 Å². The number of carbonyl (C=O) groups is 2. The van der Waals surface area contributed by atoms with Gasteiger partial charge >= 0.3 is 0 Å². The highest BCUT2D eigenvalue weighted by atomic mass is 16.5. The molecule has 0 bridgehead atoms. The predicted octanol–water partition coefficient (Wildman–Crippen LogP) is 1.79. The maximum atomic E-state index is 11.8. The Kier molecular flexibility index (Phi) is 4.69. The van der Waals surface area contributed by atoms with Gasteiger partial charge in [-0.25, -0.2) is 0 Å². The second-order valence-electron chi connectivity index (χ2n) is 3.74. The van der Waals surface area contributed by atoms with E-state index in [4.69, 9.17) is 4.74 Å². The van der Waals surface area contributed by atoms with Gasteiger partial charge in [0, 0.05) is 12.0 Å². The number of ketones is 1. The van der Waals surface area contributed by atoms with Crippen LogP contribution in [0.5, 0.6) is 5.75 Å². The van der Waals surface area contributed by atoms with Gasteiger partial charge in [-0.1, -0.05) is 6.92 Å². The van der Waals surface area contributed by atoms with Crippen molar-refractivity contribution in [1.82, 2.24) is 5.32 Å². The molecular formula is C13H17NO3. The number of nitrogens with one attached hydrogen (secondary N) is 1. The van der Waals surface area contributed by atoms with Crippen LogP contribution in [0.4, 0.5) is 0 Å². The molecule has 1 unspecified atom stereocenters. The summed E-state index contributed by atoms with van der Waals surface area (Å²) in [6, 6.07) is 6.30. The summed E-state index contributed by atoms with van der Waals surface area (Å²) in [5.41, 5.74) is 0.515. The Morgan fingerprint density at radius 2 is 1.88 bits per heavy atom. The molecule has 0 aliphatic carbocycles. The quantitative estimate of drug-likeness (QED) is 0.846. The van der Waals surface area contributed by atoms with Gasteiger partial charge < -0.3 is 10.1 Å². The average Bonchev–Trinajstić information content (AvgIpc) is 2.37. The molecule has 0 aromatic heterocycles. The van der Waals surface area contributed by atoms with Crippen LogP contribution in [0.15, 0.2) is 24.3 Å². The minimum atomic E-state index is -0.449. The number of ether oxygens (including phenoxy) is 1. The Balaban J connectivity index is 2.66. The van der Waals surface area contributed by atoms with E-state index < -0.39 is 6.04 Å². The Morgan fingerprint density at radius 3 is 2.35 bits per heavy atom. The SMILES string of the molecule is CCC(=O)C(C)NC(=O)c1ccc(OC)cc1. The predicted molar refractivity (Wildman–Crippen MR) is 65.2 cm³/mol. The zero-order valence-corrected chi connectivity index (χ0v) is 10.3. The molecule has 1 rings (SSSR count). The maximum Gasteiger partial charge on any atom is 0.251 e. The lowest BCUT2D eigenvalue weighted by Gasteiger charge is -2.11. The number of rotatable bonds is 5. The van der Waals surface area contributed by atoms with Gasteiger partial charge in [0.25, 0.3) is 5.91 Å². The summed E-state index contributed by atoms with van der Waals surface area (Å²) < 4.78 is 5.00. The first-order valence-electron chi connectivity index (χ1n) is 5.56. The minimum Gasteiger partial charge on any atom is -0.497 e. The second-order valence-corrected chi connectivity index (χ2v) is 3.74. The Hall–Kier alpha value is -1.84. The molecule has 0 heterocycles. The highest BCUT2D eigenvalue weighted by molar-refractivity contribution is 5.97. The molecule has 0 spiro atoms. The van der Waals surface area contributed by atoms with Gasteiger partial charge in [0.15, 0.2) is 5.78 Å². The molecular weight excluding hydrogens is 218 g/mol. The van der Waals surface area contributed by atoms with Crippen LogP contribution in [-0.2, 0) is 4.79 Å². The number of amides is 1. The van der Waals surface area contributed by atoms with Crippen LogP contribution in [-0.4, -0.2) is 24.8 Å². The lowest BCUT2D eigenvalue weighted by molar-refractivity contribution is -0.120. The molecule has 1 N–H and O–H groups in total. The first-order chi connectivity index (χ1) is 8.08. The molecule has 1 atom stereocenters. The molecule has 92 valence electrons. The number of hydrogen-bond acceptors (Lipinski definition) is 3. The van der Waals surface area contributed by atoms with E-state index in [1.807, 2.05) is 0 Å². The van der Waals surface area contributed by atoms with Crippen LogP contribution in [0.25, 0.3) is 0 Å². The molecule has 1 amide bonds. The van der Waals surface area contributed by atoms with E-state index >= 15 is 0 Å². The molecule has 4 heteroatoms. The van der Waals surface area contributed by atoms with Crippen LogP contribution in [0.3, 0.4) is 0 Å². The summed E-state index contributed by atoms with van der Waals surface area (Å²) in [5, 5.41) is 2.66. The van der Waals surface area contributed by atoms with Crippen molar-refractivity contribution in [3.8, 4) is 5.75 Å². The van der Waals surface area contributed by atoms with Crippen LogP contribution in [0.2, 0.25) is 0 Å². The van der Waals surface area contributed by atoms with Crippen molar-refractivity contribution in [3.05, 3.63) is 29.8 Å². The molecule has 0 saturated heterocycles. The summed E-state index contributed by atoms with van der Waals surface area (Å²) in [4.78, 5) is 23.1. The maximum absolute atomic E-state index is 11.8. The fraction of sp³-hybridized carbons (Fsp3) is 0.385. The molecule has 0 fully saturated rings. The van der Waals surface area contributed by atoms with Crippen LogP contribution >= 0.6 is 0 Å². The number of carbonyl (C=O) groups excluding carboxylic acids is 2. The lowest BCUT2D eigenvalue weighted by atomic mass is 10.1. The van der Waals surface area contributed by atoms with Gasteiger partial charge in [-0.05, 0) is 31.2 Å². The summed E-state index contributed by atoms with van der Waals surface area (Å²) in [5.74, 6) is 0.466. The molecule has 1 aromatic carbocycles. The molecule has 0 aliphatic rings. The first-order valence-corrected chi connectivity index (χ1v) is 5.56. The summed E-state index contributed by atoms with van der Waals surface area (Å²) in [6.07, 6.45) is 0.421. The van der Waals surface area contributed by atoms with Crippen LogP contribution < -0.4 is 10.1 Å². The largest absolute Gasteiger partial charge is 0.497 e. The smallest absolute Gasteiger partial charge is 0.251 e. The summed E-state index contributed by atoms with van der Waals surface area (Å²) in [7, 11) is 1.57. The van der Waals surface area contributed by atoms with E-state index in [0.29, 0.717) is 17.7 Å². The van der Waals surface area contributed by atoms with Gasteiger partial charge in [-0.3, -0.25) is 9.59 Å². The first kappa shape index (κ1) is 13.2. The summed E-state index contributed by atoms with van der Waals surface area (Å²) in [6.45, 7) is 3.46. The molecule has 0 radical (unpaired) electrons. The normalized spacial score (nSPS) is 11.7. The molecule has 4 nitrogen and oxygen atoms in total. The van der Waals surface area contributed by atoms with Crippen LogP contribution in [0.1, 0.15) is 30.6 Å². The van der Waals surface area contributed by atoms with Gasteiger partial charge in [0.05, 0.1) is 13.2 Å². The molecule has 0 saturated carbocycles. The van der Waals surface area contributed by atoms with Crippen molar-refractivity contribution in [1.29, 1.82) is 0 Å². The van der Waals surface area contributed by atoms with E-state index in [-0.39, 0.29) is 11.7 Å². The number of hydrogen-bond donors (Lipinski definition) is 1. The van der Waals surface area contributed by atoms with Gasteiger partial charge in [-0.2, -0.15) is 0 Å². The van der Waals surface area contributed by atoms with Crippen molar-refractivity contribution in [3.63, 3.8) is 0 Å². The van der Waals surface area contributed by atoms with E-state index in [9.17, 15) is 9.59 Å². The van der Waals surface area contributed by atoms with Crippen LogP contribution in [0, 0.1) is 0 Å². The van der Waals surface area contributed by atoms with E-state index in [2.05, 4.69) is 5.32 Å². The van der Waals surface area contributed by atoms with Crippen molar-refractivity contribution in [2.45, 2.75) is 26.3 Å². The van der Waals surface area contributed by atoms with Crippen molar-refractivity contribution in [2.75, 3.05) is 7.11 Å². The topological polar surface area (TPSA) is 55.4 Å². The zero-order chi connectivity index (χ0) is 12.8. The van der Waals surface area contributed by atoms with Gasteiger partial charge in [0.2, 0.25) is 0 Å². The minimum absolute atomic E-state index is 0.0202. The second kappa shape index (κ2) is 6.03. The molecule has 0 aliphatic heterocycles. The Bertz CT molecular complexity index is 398. The lowest BCUT2D eigenvalue weighted by Crippen LogP contribution is -2.38. The number of methoxy groups -OCH3 is 1. The zero-order valence-electron chi connectivity index (χ0n) is 10.3. The summed E-state index contributed by atoms with van der Waals surface area (Å²) >= 11 is 0. The van der Waals surface area contributed by atoms with Crippen molar-refractivity contribution < 1.29 is 14.3 Å². The third kappa shape index (κ3) is 3.59. The third-order valence-corrected chi connectivity index (χ3v) is 2.53. The van der Waals surface area contributed by atoms with E-state index in [0.717, 1.165) is 0 Å². The van der Waals surface area contributed by atoms with Crippen molar-refractivity contribution >= 4 is 11.7 Å². The number of benzene rings is 1. The molecule has 1 aromatic rings. The Labute approximate surface area is 101 Å². The highest BCUT2D eigenvalue weighted by Gasteiger charge is 2.14. The van der Waals surface area contributed by atoms with Gasteiger partial charge in [-0.15, -0.1) is 0 Å². The van der Waals surface area contributed by atoms with E-state index in [1.54, 1.807) is 45.2 Å². The average molecular weight is 235 g/mol.